The molecule has 7 heteroatoms. The molecule has 4 N–H and O–H groups in total. The molecule has 2 amide bonds. The molecule has 96 valence electrons. The Bertz CT molecular complexity index is 354. The first kappa shape index (κ1) is 15.9. The van der Waals surface area contributed by atoms with Gasteiger partial charge in [0.1, 0.15) is 0 Å². The zero-order chi connectivity index (χ0) is 12.0. The number of amides is 2. The first-order valence-electron chi connectivity index (χ1n) is 4.96. The minimum absolute atomic E-state index is 0. The molecule has 0 saturated heterocycles. The van der Waals surface area contributed by atoms with Crippen LogP contribution in [-0.2, 0) is 4.79 Å². The van der Waals surface area contributed by atoms with Gasteiger partial charge in [0.2, 0.25) is 5.91 Å². The zero-order valence-electron chi connectivity index (χ0n) is 9.43. The van der Waals surface area contributed by atoms with Gasteiger partial charge in [-0.15, -0.1) is 23.7 Å². The second kappa shape index (κ2) is 8.05. The van der Waals surface area contributed by atoms with Crippen LogP contribution in [0.25, 0.3) is 0 Å². The average molecular weight is 278 g/mol. The largest absolute Gasteiger partial charge is 0.353 e. The van der Waals surface area contributed by atoms with Crippen LogP contribution in [-0.4, -0.2) is 30.9 Å². The van der Waals surface area contributed by atoms with E-state index >= 15 is 0 Å². The summed E-state index contributed by atoms with van der Waals surface area (Å²) in [5.74, 6) is -0.338. The Morgan fingerprint density at radius 3 is 2.59 bits per heavy atom. The van der Waals surface area contributed by atoms with Gasteiger partial charge in [0, 0.05) is 13.1 Å². The highest BCUT2D eigenvalue weighted by Crippen LogP contribution is 2.07. The molecule has 0 bridgehead atoms. The fourth-order valence-electron chi connectivity index (χ4n) is 1.02. The monoisotopic (exact) mass is 277 g/mol. The topological polar surface area (TPSA) is 84.2 Å². The quantitative estimate of drug-likeness (QED) is 0.680. The number of carbonyl (C=O) groups excluding carboxylic acids is 2. The fourth-order valence-corrected chi connectivity index (χ4v) is 1.66. The molecule has 1 atom stereocenters. The van der Waals surface area contributed by atoms with Crippen LogP contribution >= 0.6 is 23.7 Å². The number of thiophene rings is 1. The van der Waals surface area contributed by atoms with Crippen LogP contribution in [0.1, 0.15) is 16.6 Å². The van der Waals surface area contributed by atoms with Crippen LogP contribution in [0.2, 0.25) is 0 Å². The zero-order valence-corrected chi connectivity index (χ0v) is 11.1. The lowest BCUT2D eigenvalue weighted by Crippen LogP contribution is -2.41. The average Bonchev–Trinajstić information content (AvgIpc) is 2.76. The third kappa shape index (κ3) is 5.67. The highest BCUT2D eigenvalue weighted by Gasteiger charge is 2.07. The van der Waals surface area contributed by atoms with Gasteiger partial charge in [-0.2, -0.15) is 0 Å². The van der Waals surface area contributed by atoms with Crippen molar-refractivity contribution < 1.29 is 9.59 Å². The lowest BCUT2D eigenvalue weighted by atomic mass is 10.3. The maximum absolute atomic E-state index is 11.4. The van der Waals surface area contributed by atoms with Gasteiger partial charge in [0.25, 0.3) is 5.91 Å². The van der Waals surface area contributed by atoms with Gasteiger partial charge < -0.3 is 16.4 Å². The SMILES string of the molecule is C[C@H](N)C(=O)NCCNC(=O)c1cccs1.Cl. The van der Waals surface area contributed by atoms with E-state index < -0.39 is 6.04 Å². The smallest absolute Gasteiger partial charge is 0.261 e. The van der Waals surface area contributed by atoms with Crippen molar-refractivity contribution >= 4 is 35.6 Å². The summed E-state index contributed by atoms with van der Waals surface area (Å²) in [5.41, 5.74) is 5.36. The van der Waals surface area contributed by atoms with Gasteiger partial charge >= 0.3 is 0 Å². The summed E-state index contributed by atoms with van der Waals surface area (Å²) in [4.78, 5) is 23.2. The Morgan fingerprint density at radius 2 is 2.06 bits per heavy atom. The predicted octanol–water partition coefficient (Wildman–Crippen LogP) is 0.363. The summed E-state index contributed by atoms with van der Waals surface area (Å²) in [6.45, 7) is 2.40. The number of halogens is 1. The third-order valence-electron chi connectivity index (χ3n) is 1.87. The van der Waals surface area contributed by atoms with E-state index in [9.17, 15) is 9.59 Å². The van der Waals surface area contributed by atoms with E-state index in [1.807, 2.05) is 11.4 Å². The summed E-state index contributed by atoms with van der Waals surface area (Å²) in [6.07, 6.45) is 0. The van der Waals surface area contributed by atoms with Crippen LogP contribution in [0.4, 0.5) is 0 Å². The molecule has 5 nitrogen and oxygen atoms in total. The van der Waals surface area contributed by atoms with Crippen molar-refractivity contribution in [1.82, 2.24) is 10.6 Å². The molecule has 0 unspecified atom stereocenters. The number of nitrogens with two attached hydrogens (primary N) is 1. The van der Waals surface area contributed by atoms with Gasteiger partial charge in [0.15, 0.2) is 0 Å². The van der Waals surface area contributed by atoms with E-state index in [0.29, 0.717) is 18.0 Å². The summed E-state index contributed by atoms with van der Waals surface area (Å²) in [7, 11) is 0. The lowest BCUT2D eigenvalue weighted by Gasteiger charge is -2.08. The van der Waals surface area contributed by atoms with Gasteiger partial charge in [-0.1, -0.05) is 6.07 Å². The molecule has 17 heavy (non-hydrogen) atoms. The van der Waals surface area contributed by atoms with Crippen LogP contribution in [0.15, 0.2) is 17.5 Å². The molecule has 1 rings (SSSR count). The molecule has 1 aromatic rings. The van der Waals surface area contributed by atoms with Crippen molar-refractivity contribution in [1.29, 1.82) is 0 Å². The molecule has 0 aromatic carbocycles. The normalized spacial score (nSPS) is 11.2. The van der Waals surface area contributed by atoms with Crippen molar-refractivity contribution in [3.8, 4) is 0 Å². The maximum Gasteiger partial charge on any atom is 0.261 e. The summed E-state index contributed by atoms with van der Waals surface area (Å²) in [5, 5.41) is 7.14. The summed E-state index contributed by atoms with van der Waals surface area (Å²) < 4.78 is 0. The fraction of sp³-hybridized carbons (Fsp3) is 0.400. The molecule has 0 aliphatic carbocycles. The first-order valence-corrected chi connectivity index (χ1v) is 5.84. The third-order valence-corrected chi connectivity index (χ3v) is 2.74. The highest BCUT2D eigenvalue weighted by molar-refractivity contribution is 7.12. The Hall–Kier alpha value is -1.11. The van der Waals surface area contributed by atoms with Crippen LogP contribution < -0.4 is 16.4 Å². The molecule has 1 heterocycles. The van der Waals surface area contributed by atoms with E-state index in [-0.39, 0.29) is 24.2 Å². The number of carbonyl (C=O) groups is 2. The molecule has 0 saturated carbocycles. The van der Waals surface area contributed by atoms with Gasteiger partial charge in [0.05, 0.1) is 10.9 Å². The molecule has 0 spiro atoms. The Morgan fingerprint density at radius 1 is 1.41 bits per heavy atom. The standard InChI is InChI=1S/C10H15N3O2S.ClH/c1-7(11)9(14)12-4-5-13-10(15)8-3-2-6-16-8;/h2-3,6-7H,4-5,11H2,1H3,(H,12,14)(H,13,15);1H/t7-;/m0./s1. The van der Waals surface area contributed by atoms with Gasteiger partial charge in [-0.25, -0.2) is 0 Å². The number of hydrogen-bond acceptors (Lipinski definition) is 4. The molecular weight excluding hydrogens is 262 g/mol. The van der Waals surface area contributed by atoms with E-state index in [2.05, 4.69) is 10.6 Å². The van der Waals surface area contributed by atoms with Crippen molar-refractivity contribution in [2.75, 3.05) is 13.1 Å². The first-order chi connectivity index (χ1) is 7.61. The highest BCUT2D eigenvalue weighted by atomic mass is 35.5. The molecule has 1 aromatic heterocycles. The van der Waals surface area contributed by atoms with E-state index in [4.69, 9.17) is 5.73 Å². The maximum atomic E-state index is 11.4. The number of hydrogen-bond donors (Lipinski definition) is 3. The second-order valence-corrected chi connectivity index (χ2v) is 4.26. The van der Waals surface area contributed by atoms with Crippen LogP contribution in [0.3, 0.4) is 0 Å². The summed E-state index contributed by atoms with van der Waals surface area (Å²) in [6, 6.07) is 3.05. The minimum atomic E-state index is -0.520. The molecular formula is C10H16ClN3O2S. The summed E-state index contributed by atoms with van der Waals surface area (Å²) >= 11 is 1.38. The molecule has 0 aliphatic heterocycles. The van der Waals surface area contributed by atoms with Crippen molar-refractivity contribution in [2.24, 2.45) is 5.73 Å². The van der Waals surface area contributed by atoms with Gasteiger partial charge in [-0.05, 0) is 18.4 Å². The molecule has 0 fully saturated rings. The second-order valence-electron chi connectivity index (χ2n) is 3.31. The number of nitrogens with one attached hydrogen (secondary N) is 2. The van der Waals surface area contributed by atoms with Crippen molar-refractivity contribution in [2.45, 2.75) is 13.0 Å². The molecule has 0 aliphatic rings. The Labute approximate surface area is 110 Å². The minimum Gasteiger partial charge on any atom is -0.353 e. The Balaban J connectivity index is 0.00000256. The van der Waals surface area contributed by atoms with E-state index in [1.54, 1.807) is 13.0 Å². The number of rotatable bonds is 5. The Kier molecular flexibility index (Phi) is 7.53. The predicted molar refractivity (Wildman–Crippen MR) is 70.6 cm³/mol. The van der Waals surface area contributed by atoms with Crippen molar-refractivity contribution in [3.63, 3.8) is 0 Å². The van der Waals surface area contributed by atoms with Gasteiger partial charge in [-0.3, -0.25) is 9.59 Å². The lowest BCUT2D eigenvalue weighted by molar-refractivity contribution is -0.121. The molecule has 0 radical (unpaired) electrons. The van der Waals surface area contributed by atoms with E-state index in [0.717, 1.165) is 0 Å². The van der Waals surface area contributed by atoms with Crippen molar-refractivity contribution in [3.05, 3.63) is 22.4 Å². The van der Waals surface area contributed by atoms with E-state index in [1.165, 1.54) is 11.3 Å². The van der Waals surface area contributed by atoms with Crippen LogP contribution in [0, 0.1) is 0 Å². The van der Waals surface area contributed by atoms with Crippen LogP contribution in [0.5, 0.6) is 0 Å².